The second-order valence-electron chi connectivity index (χ2n) is 8.44. The largest absolute Gasteiger partial charge is 0.496 e. The van der Waals surface area contributed by atoms with E-state index in [4.69, 9.17) is 4.74 Å². The van der Waals surface area contributed by atoms with Gasteiger partial charge in [0, 0.05) is 48.9 Å². The number of piperazine rings is 1. The van der Waals surface area contributed by atoms with Crippen LogP contribution in [0.5, 0.6) is 5.75 Å². The quantitative estimate of drug-likeness (QED) is 0.687. The summed E-state index contributed by atoms with van der Waals surface area (Å²) in [5.41, 5.74) is 2.21. The van der Waals surface area contributed by atoms with Crippen molar-refractivity contribution in [3.05, 3.63) is 60.3 Å². The Labute approximate surface area is 186 Å². The summed E-state index contributed by atoms with van der Waals surface area (Å²) in [6.45, 7) is 1.77. The van der Waals surface area contributed by atoms with Gasteiger partial charge in [0.2, 0.25) is 0 Å². The van der Waals surface area contributed by atoms with E-state index in [1.807, 2.05) is 36.4 Å². The number of rotatable bonds is 4. The highest BCUT2D eigenvalue weighted by atomic mass is 16.5. The van der Waals surface area contributed by atoms with E-state index in [0.29, 0.717) is 50.3 Å². The molecule has 0 spiro atoms. The lowest BCUT2D eigenvalue weighted by molar-refractivity contribution is -0.143. The van der Waals surface area contributed by atoms with Crippen molar-refractivity contribution in [2.24, 2.45) is 0 Å². The summed E-state index contributed by atoms with van der Waals surface area (Å²) < 4.78 is 5.62. The van der Waals surface area contributed by atoms with Gasteiger partial charge in [-0.2, -0.15) is 0 Å². The Hall–Kier alpha value is -3.45. The molecule has 1 aliphatic carbocycles. The van der Waals surface area contributed by atoms with E-state index in [9.17, 15) is 14.7 Å². The van der Waals surface area contributed by atoms with E-state index < -0.39 is 5.60 Å². The van der Waals surface area contributed by atoms with Gasteiger partial charge in [0.05, 0.1) is 12.6 Å². The SMILES string of the molecule is COc1cc(C(=O)N2CCN(C(=O)C3(O)CC3)CC2)ccc1-c1ccc2ncccc2c1. The van der Waals surface area contributed by atoms with Gasteiger partial charge < -0.3 is 19.6 Å². The Morgan fingerprint density at radius 1 is 1.00 bits per heavy atom. The van der Waals surface area contributed by atoms with E-state index in [1.165, 1.54) is 0 Å². The van der Waals surface area contributed by atoms with Crippen molar-refractivity contribution in [3.63, 3.8) is 0 Å². The van der Waals surface area contributed by atoms with E-state index in [1.54, 1.807) is 29.2 Å². The Bertz CT molecular complexity index is 1200. The number of carbonyl (C=O) groups is 2. The molecule has 32 heavy (non-hydrogen) atoms. The van der Waals surface area contributed by atoms with E-state index in [0.717, 1.165) is 22.0 Å². The van der Waals surface area contributed by atoms with Crippen LogP contribution in [0, 0.1) is 0 Å². The van der Waals surface area contributed by atoms with Crippen LogP contribution >= 0.6 is 0 Å². The number of methoxy groups -OCH3 is 1. The fraction of sp³-hybridized carbons (Fsp3) is 0.320. The molecule has 0 bridgehead atoms. The van der Waals surface area contributed by atoms with Crippen LogP contribution in [0.25, 0.3) is 22.0 Å². The monoisotopic (exact) mass is 431 g/mol. The molecule has 1 aromatic heterocycles. The summed E-state index contributed by atoms with van der Waals surface area (Å²) in [5, 5.41) is 11.1. The van der Waals surface area contributed by atoms with Crippen LogP contribution in [0.4, 0.5) is 0 Å². The van der Waals surface area contributed by atoms with Gasteiger partial charge in [0.1, 0.15) is 11.4 Å². The van der Waals surface area contributed by atoms with Crippen LogP contribution in [-0.4, -0.2) is 70.6 Å². The summed E-state index contributed by atoms with van der Waals surface area (Å²) in [6, 6.07) is 15.5. The zero-order valence-corrected chi connectivity index (χ0v) is 18.0. The first-order valence-electron chi connectivity index (χ1n) is 10.8. The predicted octanol–water partition coefficient (Wildman–Crippen LogP) is 2.72. The first-order valence-corrected chi connectivity index (χ1v) is 10.8. The molecule has 2 aliphatic rings. The summed E-state index contributed by atoms with van der Waals surface area (Å²) in [4.78, 5) is 33.2. The standard InChI is InChI=1S/C25H25N3O4/c1-32-22-16-19(4-6-20(22)17-5-7-21-18(15-17)3-2-10-26-21)23(29)27-11-13-28(14-12-27)24(30)25(31)8-9-25/h2-7,10,15-16,31H,8-9,11-14H2,1H3. The molecule has 7 heteroatoms. The number of carbonyl (C=O) groups excluding carboxylic acids is 2. The van der Waals surface area contributed by atoms with Crippen molar-refractivity contribution in [2.75, 3.05) is 33.3 Å². The summed E-state index contributed by atoms with van der Waals surface area (Å²) in [7, 11) is 1.60. The van der Waals surface area contributed by atoms with Crippen LogP contribution in [0.15, 0.2) is 54.7 Å². The topological polar surface area (TPSA) is 83.0 Å². The molecule has 7 nitrogen and oxygen atoms in total. The summed E-state index contributed by atoms with van der Waals surface area (Å²) >= 11 is 0. The number of fused-ring (bicyclic) bond motifs is 1. The lowest BCUT2D eigenvalue weighted by Crippen LogP contribution is -2.53. The molecule has 164 valence electrons. The minimum absolute atomic E-state index is 0.0882. The molecule has 1 N–H and O–H groups in total. The zero-order valence-electron chi connectivity index (χ0n) is 18.0. The third-order valence-electron chi connectivity index (χ3n) is 6.34. The Morgan fingerprint density at radius 2 is 1.75 bits per heavy atom. The average molecular weight is 431 g/mol. The maximum atomic E-state index is 13.1. The number of nitrogens with zero attached hydrogens (tertiary/aromatic N) is 3. The molecule has 3 aromatic rings. The molecule has 2 amide bonds. The Kier molecular flexibility index (Phi) is 5.06. The van der Waals surface area contributed by atoms with Crippen LogP contribution in [0.2, 0.25) is 0 Å². The second kappa shape index (κ2) is 7.91. The minimum Gasteiger partial charge on any atom is -0.496 e. The molecule has 5 rings (SSSR count). The first kappa shape index (κ1) is 20.5. The molecular formula is C25H25N3O4. The van der Waals surface area contributed by atoms with Gasteiger partial charge in [0.25, 0.3) is 11.8 Å². The lowest BCUT2D eigenvalue weighted by atomic mass is 10.00. The molecule has 0 radical (unpaired) electrons. The molecular weight excluding hydrogens is 406 g/mol. The minimum atomic E-state index is -1.16. The Morgan fingerprint density at radius 3 is 2.47 bits per heavy atom. The number of amides is 2. The highest BCUT2D eigenvalue weighted by molar-refractivity contribution is 5.96. The van der Waals surface area contributed by atoms with Gasteiger partial charge in [-0.1, -0.05) is 12.1 Å². The first-order chi connectivity index (χ1) is 15.5. The number of aliphatic hydroxyl groups is 1. The molecule has 1 saturated carbocycles. The third-order valence-corrected chi connectivity index (χ3v) is 6.34. The highest BCUT2D eigenvalue weighted by Crippen LogP contribution is 2.37. The van der Waals surface area contributed by atoms with Gasteiger partial charge in [-0.25, -0.2) is 0 Å². The fourth-order valence-corrected chi connectivity index (χ4v) is 4.23. The van der Waals surface area contributed by atoms with Crippen LogP contribution < -0.4 is 4.74 Å². The van der Waals surface area contributed by atoms with Crippen LogP contribution in [-0.2, 0) is 4.79 Å². The van der Waals surface area contributed by atoms with Gasteiger partial charge >= 0.3 is 0 Å². The lowest BCUT2D eigenvalue weighted by Gasteiger charge is -2.35. The fourth-order valence-electron chi connectivity index (χ4n) is 4.23. The predicted molar refractivity (Wildman–Crippen MR) is 120 cm³/mol. The van der Waals surface area contributed by atoms with Gasteiger partial charge in [-0.3, -0.25) is 14.6 Å². The van der Waals surface area contributed by atoms with E-state index >= 15 is 0 Å². The van der Waals surface area contributed by atoms with E-state index in [2.05, 4.69) is 11.1 Å². The smallest absolute Gasteiger partial charge is 0.254 e. The van der Waals surface area contributed by atoms with Crippen molar-refractivity contribution in [1.82, 2.24) is 14.8 Å². The molecule has 1 aliphatic heterocycles. The summed E-state index contributed by atoms with van der Waals surface area (Å²) in [5.74, 6) is 0.333. The molecule has 0 unspecified atom stereocenters. The normalized spacial score (nSPS) is 17.3. The maximum Gasteiger partial charge on any atom is 0.254 e. The second-order valence-corrected chi connectivity index (χ2v) is 8.44. The number of hydrogen-bond donors (Lipinski definition) is 1. The van der Waals surface area contributed by atoms with Crippen LogP contribution in [0.3, 0.4) is 0 Å². The van der Waals surface area contributed by atoms with Crippen molar-refractivity contribution in [3.8, 4) is 16.9 Å². The number of ether oxygens (including phenoxy) is 1. The molecule has 2 aromatic carbocycles. The van der Waals surface area contributed by atoms with Crippen molar-refractivity contribution in [1.29, 1.82) is 0 Å². The molecule has 2 fully saturated rings. The third kappa shape index (κ3) is 3.69. The number of aromatic nitrogens is 1. The number of pyridine rings is 1. The summed E-state index contributed by atoms with van der Waals surface area (Å²) in [6.07, 6.45) is 2.84. The van der Waals surface area contributed by atoms with Gasteiger partial charge in [-0.15, -0.1) is 0 Å². The maximum absolute atomic E-state index is 13.1. The average Bonchev–Trinajstić information content (AvgIpc) is 3.61. The van der Waals surface area contributed by atoms with Crippen LogP contribution in [0.1, 0.15) is 23.2 Å². The van der Waals surface area contributed by atoms with Gasteiger partial charge in [0.15, 0.2) is 0 Å². The van der Waals surface area contributed by atoms with E-state index in [-0.39, 0.29) is 11.8 Å². The molecule has 2 heterocycles. The highest BCUT2D eigenvalue weighted by Gasteiger charge is 2.50. The van der Waals surface area contributed by atoms with Gasteiger partial charge in [-0.05, 0) is 54.8 Å². The Balaban J connectivity index is 1.33. The molecule has 1 saturated heterocycles. The van der Waals surface area contributed by atoms with Crippen molar-refractivity contribution < 1.29 is 19.4 Å². The zero-order chi connectivity index (χ0) is 22.3. The molecule has 0 atom stereocenters. The number of hydrogen-bond acceptors (Lipinski definition) is 5. The van der Waals surface area contributed by atoms with Crippen molar-refractivity contribution in [2.45, 2.75) is 18.4 Å². The number of benzene rings is 2. The van der Waals surface area contributed by atoms with Crippen molar-refractivity contribution >= 4 is 22.7 Å².